The van der Waals surface area contributed by atoms with Crippen LogP contribution in [-0.2, 0) is 15.2 Å². The molecular formula is C16H14FN5O2. The Labute approximate surface area is 136 Å². The minimum atomic E-state index is -1.54. The number of rotatable bonds is 3. The third-order valence-corrected chi connectivity index (χ3v) is 3.83. The second-order valence-electron chi connectivity index (χ2n) is 5.71. The number of amides is 1. The SMILES string of the molecule is CC(=O)Nc1cc2c(cn1)cnn2-c1cccc(C2(F)COC2)n1. The van der Waals surface area contributed by atoms with Gasteiger partial charge in [0.2, 0.25) is 5.91 Å². The third kappa shape index (κ3) is 2.41. The summed E-state index contributed by atoms with van der Waals surface area (Å²) in [4.78, 5) is 19.7. The molecule has 0 bridgehead atoms. The van der Waals surface area contributed by atoms with E-state index in [1.54, 1.807) is 41.3 Å². The van der Waals surface area contributed by atoms with E-state index in [-0.39, 0.29) is 19.1 Å². The number of hydrogen-bond acceptors (Lipinski definition) is 5. The van der Waals surface area contributed by atoms with Crippen LogP contribution in [0.25, 0.3) is 16.7 Å². The number of halogens is 1. The number of nitrogens with zero attached hydrogens (tertiary/aromatic N) is 4. The number of anilines is 1. The summed E-state index contributed by atoms with van der Waals surface area (Å²) in [5.74, 6) is 0.700. The molecule has 1 fully saturated rings. The van der Waals surface area contributed by atoms with Crippen molar-refractivity contribution in [2.24, 2.45) is 0 Å². The van der Waals surface area contributed by atoms with Gasteiger partial charge in [-0.2, -0.15) is 5.10 Å². The van der Waals surface area contributed by atoms with Crippen LogP contribution in [0.5, 0.6) is 0 Å². The van der Waals surface area contributed by atoms with E-state index in [4.69, 9.17) is 4.74 Å². The predicted octanol–water partition coefficient (Wildman–Crippen LogP) is 1.97. The van der Waals surface area contributed by atoms with Crippen molar-refractivity contribution in [2.75, 3.05) is 18.5 Å². The summed E-state index contributed by atoms with van der Waals surface area (Å²) in [5.41, 5.74) is -0.496. The zero-order valence-electron chi connectivity index (χ0n) is 12.9. The molecule has 1 aliphatic rings. The van der Waals surface area contributed by atoms with Crippen LogP contribution in [0.1, 0.15) is 12.6 Å². The number of ether oxygens (including phenoxy) is 1. The number of aromatic nitrogens is 4. The lowest BCUT2D eigenvalue weighted by Crippen LogP contribution is -2.43. The van der Waals surface area contributed by atoms with Gasteiger partial charge in [0, 0.05) is 24.6 Å². The minimum absolute atomic E-state index is 0.0138. The fourth-order valence-corrected chi connectivity index (χ4v) is 2.57. The summed E-state index contributed by atoms with van der Waals surface area (Å²) in [6.07, 6.45) is 3.26. The molecular weight excluding hydrogens is 313 g/mol. The summed E-state index contributed by atoms with van der Waals surface area (Å²) in [5, 5.41) is 7.72. The Balaban J connectivity index is 1.78. The summed E-state index contributed by atoms with van der Waals surface area (Å²) in [6.45, 7) is 1.44. The molecule has 3 aromatic heterocycles. The van der Waals surface area contributed by atoms with E-state index in [0.29, 0.717) is 17.3 Å². The number of alkyl halides is 1. The molecule has 1 aliphatic heterocycles. The highest BCUT2D eigenvalue weighted by Gasteiger charge is 2.42. The molecule has 1 amide bonds. The molecule has 1 N–H and O–H groups in total. The topological polar surface area (TPSA) is 81.9 Å². The summed E-state index contributed by atoms with van der Waals surface area (Å²) in [6, 6.07) is 6.83. The van der Waals surface area contributed by atoms with Gasteiger partial charge in [0.05, 0.1) is 30.6 Å². The lowest BCUT2D eigenvalue weighted by Gasteiger charge is -2.33. The fraction of sp³-hybridized carbons (Fsp3) is 0.250. The van der Waals surface area contributed by atoms with Crippen molar-refractivity contribution in [1.82, 2.24) is 19.7 Å². The molecule has 122 valence electrons. The van der Waals surface area contributed by atoms with Crippen LogP contribution >= 0.6 is 0 Å². The molecule has 0 radical (unpaired) electrons. The van der Waals surface area contributed by atoms with Gasteiger partial charge in [-0.15, -0.1) is 0 Å². The second-order valence-corrected chi connectivity index (χ2v) is 5.71. The number of fused-ring (bicyclic) bond motifs is 1. The molecule has 0 atom stereocenters. The van der Waals surface area contributed by atoms with Crippen molar-refractivity contribution < 1.29 is 13.9 Å². The Morgan fingerprint density at radius 3 is 2.92 bits per heavy atom. The second kappa shape index (κ2) is 5.34. The molecule has 0 aromatic carbocycles. The largest absolute Gasteiger partial charge is 0.374 e. The quantitative estimate of drug-likeness (QED) is 0.795. The van der Waals surface area contributed by atoms with Gasteiger partial charge in [-0.3, -0.25) is 4.79 Å². The normalized spacial score (nSPS) is 15.9. The number of carbonyl (C=O) groups is 1. The van der Waals surface area contributed by atoms with Crippen LogP contribution in [0.4, 0.5) is 10.2 Å². The highest BCUT2D eigenvalue weighted by atomic mass is 19.1. The Hall–Kier alpha value is -2.87. The van der Waals surface area contributed by atoms with E-state index in [2.05, 4.69) is 20.4 Å². The predicted molar refractivity (Wildman–Crippen MR) is 84.6 cm³/mol. The number of pyridine rings is 2. The van der Waals surface area contributed by atoms with Crippen LogP contribution in [0.15, 0.2) is 36.7 Å². The molecule has 1 saturated heterocycles. The molecule has 3 aromatic rings. The molecule has 0 spiro atoms. The molecule has 8 heteroatoms. The maximum absolute atomic E-state index is 14.5. The van der Waals surface area contributed by atoms with Gasteiger partial charge in [0.25, 0.3) is 0 Å². The molecule has 0 aliphatic carbocycles. The first kappa shape index (κ1) is 14.7. The van der Waals surface area contributed by atoms with Crippen molar-refractivity contribution in [2.45, 2.75) is 12.6 Å². The van der Waals surface area contributed by atoms with Crippen LogP contribution < -0.4 is 5.32 Å². The standard InChI is InChI=1S/C16H14FN5O2/c1-10(23)20-14-5-12-11(6-18-14)7-19-22(12)15-4-2-3-13(21-15)16(17)8-24-9-16/h2-7H,8-9H2,1H3,(H,18,20,23). The monoisotopic (exact) mass is 327 g/mol. The van der Waals surface area contributed by atoms with Gasteiger partial charge in [-0.25, -0.2) is 19.0 Å². The van der Waals surface area contributed by atoms with Gasteiger partial charge in [-0.1, -0.05) is 6.07 Å². The zero-order valence-corrected chi connectivity index (χ0v) is 12.9. The molecule has 4 rings (SSSR count). The van der Waals surface area contributed by atoms with E-state index in [0.717, 1.165) is 10.9 Å². The first-order valence-corrected chi connectivity index (χ1v) is 7.41. The first-order chi connectivity index (χ1) is 11.5. The highest BCUT2D eigenvalue weighted by Crippen LogP contribution is 2.33. The molecule has 24 heavy (non-hydrogen) atoms. The van der Waals surface area contributed by atoms with Crippen molar-refractivity contribution in [1.29, 1.82) is 0 Å². The van der Waals surface area contributed by atoms with Crippen LogP contribution in [0, 0.1) is 0 Å². The van der Waals surface area contributed by atoms with Crippen molar-refractivity contribution >= 4 is 22.6 Å². The Morgan fingerprint density at radius 2 is 2.21 bits per heavy atom. The van der Waals surface area contributed by atoms with Crippen molar-refractivity contribution in [3.8, 4) is 5.82 Å². The fourth-order valence-electron chi connectivity index (χ4n) is 2.57. The van der Waals surface area contributed by atoms with Crippen LogP contribution in [0.3, 0.4) is 0 Å². The lowest BCUT2D eigenvalue weighted by molar-refractivity contribution is -0.137. The Morgan fingerprint density at radius 1 is 1.38 bits per heavy atom. The van der Waals surface area contributed by atoms with Gasteiger partial charge < -0.3 is 10.1 Å². The number of carbonyl (C=O) groups excluding carboxylic acids is 1. The maximum atomic E-state index is 14.5. The van der Waals surface area contributed by atoms with Gasteiger partial charge in [-0.05, 0) is 12.1 Å². The first-order valence-electron chi connectivity index (χ1n) is 7.41. The average Bonchev–Trinajstić information content (AvgIpc) is 2.95. The lowest BCUT2D eigenvalue weighted by atomic mass is 9.99. The minimum Gasteiger partial charge on any atom is -0.374 e. The molecule has 0 saturated carbocycles. The average molecular weight is 327 g/mol. The third-order valence-electron chi connectivity index (χ3n) is 3.83. The van der Waals surface area contributed by atoms with Crippen LogP contribution in [0.2, 0.25) is 0 Å². The number of nitrogens with one attached hydrogen (secondary N) is 1. The van der Waals surface area contributed by atoms with Gasteiger partial charge in [0.1, 0.15) is 5.82 Å². The highest BCUT2D eigenvalue weighted by molar-refractivity contribution is 5.90. The van der Waals surface area contributed by atoms with Crippen LogP contribution in [-0.4, -0.2) is 38.9 Å². The molecule has 0 unspecified atom stereocenters. The Bertz CT molecular complexity index is 935. The van der Waals surface area contributed by atoms with E-state index in [1.165, 1.54) is 6.92 Å². The zero-order chi connectivity index (χ0) is 16.7. The van der Waals surface area contributed by atoms with Gasteiger partial charge in [0.15, 0.2) is 11.5 Å². The van der Waals surface area contributed by atoms with Crippen molar-refractivity contribution in [3.63, 3.8) is 0 Å². The number of hydrogen-bond donors (Lipinski definition) is 1. The summed E-state index contributed by atoms with van der Waals surface area (Å²) < 4.78 is 21.1. The molecule has 7 nitrogen and oxygen atoms in total. The maximum Gasteiger partial charge on any atom is 0.222 e. The van der Waals surface area contributed by atoms with E-state index in [1.807, 2.05) is 0 Å². The van der Waals surface area contributed by atoms with Gasteiger partial charge >= 0.3 is 0 Å². The summed E-state index contributed by atoms with van der Waals surface area (Å²) in [7, 11) is 0. The summed E-state index contributed by atoms with van der Waals surface area (Å²) >= 11 is 0. The van der Waals surface area contributed by atoms with E-state index < -0.39 is 5.67 Å². The van der Waals surface area contributed by atoms with E-state index in [9.17, 15) is 9.18 Å². The van der Waals surface area contributed by atoms with Crippen molar-refractivity contribution in [3.05, 3.63) is 42.4 Å². The Kier molecular flexibility index (Phi) is 3.27. The van der Waals surface area contributed by atoms with E-state index >= 15 is 0 Å². The molecule has 4 heterocycles. The smallest absolute Gasteiger partial charge is 0.222 e.